The Balaban J connectivity index is 1.45. The van der Waals surface area contributed by atoms with Gasteiger partial charge in [-0.2, -0.15) is 0 Å². The fraction of sp³-hybridized carbons (Fsp3) is 0.526. The molecule has 0 bridgehead atoms. The van der Waals surface area contributed by atoms with E-state index in [0.29, 0.717) is 18.4 Å². The van der Waals surface area contributed by atoms with Gasteiger partial charge in [-0.25, -0.2) is 4.39 Å². The topological polar surface area (TPSA) is 57.7 Å². The lowest BCUT2D eigenvalue weighted by molar-refractivity contribution is -0.134. The molecule has 1 saturated heterocycles. The maximum Gasteiger partial charge on any atom is 0.262 e. The lowest BCUT2D eigenvalue weighted by atomic mass is 9.75. The number of imide groups is 1. The van der Waals surface area contributed by atoms with Crippen LogP contribution in [0.5, 0.6) is 0 Å². The highest BCUT2D eigenvalue weighted by Gasteiger charge is 2.39. The van der Waals surface area contributed by atoms with Crippen molar-refractivity contribution in [2.45, 2.75) is 32.1 Å². The quantitative estimate of drug-likeness (QED) is 0.775. The first-order valence-corrected chi connectivity index (χ1v) is 8.98. The van der Waals surface area contributed by atoms with Crippen LogP contribution in [0.2, 0.25) is 0 Å². The van der Waals surface area contributed by atoms with Gasteiger partial charge in [0, 0.05) is 13.1 Å². The van der Waals surface area contributed by atoms with Crippen molar-refractivity contribution < 1.29 is 18.8 Å². The van der Waals surface area contributed by atoms with E-state index in [1.54, 1.807) is 4.90 Å². The minimum atomic E-state index is -0.583. The van der Waals surface area contributed by atoms with Crippen LogP contribution >= 0.6 is 0 Å². The lowest BCUT2D eigenvalue weighted by Gasteiger charge is -2.41. The van der Waals surface area contributed by atoms with Gasteiger partial charge in [0.2, 0.25) is 5.91 Å². The van der Waals surface area contributed by atoms with Crippen molar-refractivity contribution in [1.29, 1.82) is 0 Å². The molecule has 0 spiro atoms. The van der Waals surface area contributed by atoms with Crippen molar-refractivity contribution in [3.05, 3.63) is 35.1 Å². The van der Waals surface area contributed by atoms with Gasteiger partial charge in [0.05, 0.1) is 11.1 Å². The number of likely N-dealkylation sites (tertiary alicyclic amines) is 1. The minimum Gasteiger partial charge on any atom is -0.341 e. The van der Waals surface area contributed by atoms with Crippen molar-refractivity contribution in [1.82, 2.24) is 9.80 Å². The van der Waals surface area contributed by atoms with Gasteiger partial charge in [0.25, 0.3) is 11.8 Å². The number of nitrogens with zero attached hydrogens (tertiary/aromatic N) is 2. The predicted octanol–water partition coefficient (Wildman–Crippen LogP) is 2.46. The Labute approximate surface area is 145 Å². The van der Waals surface area contributed by atoms with Crippen molar-refractivity contribution in [2.75, 3.05) is 19.6 Å². The minimum absolute atomic E-state index is 0.0452. The molecule has 0 aromatic heterocycles. The zero-order valence-corrected chi connectivity index (χ0v) is 14.0. The summed E-state index contributed by atoms with van der Waals surface area (Å²) in [5.41, 5.74) is 0.217. The van der Waals surface area contributed by atoms with Crippen LogP contribution in [0.1, 0.15) is 52.8 Å². The monoisotopic (exact) mass is 344 g/mol. The average molecular weight is 344 g/mol. The molecule has 1 aromatic carbocycles. The number of piperidine rings is 1. The molecule has 5 nitrogen and oxygen atoms in total. The fourth-order valence-corrected chi connectivity index (χ4v) is 4.47. The number of benzene rings is 1. The molecule has 0 radical (unpaired) electrons. The normalized spacial score (nSPS) is 25.8. The van der Waals surface area contributed by atoms with E-state index >= 15 is 0 Å². The number of carbonyl (C=O) groups is 3. The van der Waals surface area contributed by atoms with Crippen LogP contribution in [-0.2, 0) is 4.79 Å². The Morgan fingerprint density at radius 2 is 1.76 bits per heavy atom. The maximum atomic E-state index is 13.3. The number of fused-ring (bicyclic) bond motifs is 2. The summed E-state index contributed by atoms with van der Waals surface area (Å²) in [6.45, 7) is 1.16. The summed E-state index contributed by atoms with van der Waals surface area (Å²) in [6, 6.07) is 3.53. The highest BCUT2D eigenvalue weighted by atomic mass is 19.1. The number of rotatable bonds is 2. The fourth-order valence-electron chi connectivity index (χ4n) is 4.47. The van der Waals surface area contributed by atoms with Crippen LogP contribution in [-0.4, -0.2) is 47.2 Å². The molecule has 2 heterocycles. The molecule has 2 unspecified atom stereocenters. The third-order valence-corrected chi connectivity index (χ3v) is 5.87. The number of carbonyl (C=O) groups excluding carboxylic acids is 3. The summed E-state index contributed by atoms with van der Waals surface area (Å²) in [7, 11) is 0. The molecule has 2 atom stereocenters. The third-order valence-electron chi connectivity index (χ3n) is 5.87. The Kier molecular flexibility index (Phi) is 4.06. The molecule has 132 valence electrons. The molecule has 4 rings (SSSR count). The standard InChI is InChI=1S/C19H21FN2O3/c20-14-5-6-15-16(9-14)19(25)22(18(15)24)11-17(23)21-8-7-12-3-1-2-4-13(12)10-21/h5-6,9,12-13H,1-4,7-8,10-11H2. The number of amides is 3. The maximum absolute atomic E-state index is 13.3. The van der Waals surface area contributed by atoms with E-state index < -0.39 is 17.6 Å². The molecule has 25 heavy (non-hydrogen) atoms. The highest BCUT2D eigenvalue weighted by molar-refractivity contribution is 6.22. The number of halogens is 1. The second kappa shape index (κ2) is 6.24. The second-order valence-corrected chi connectivity index (χ2v) is 7.32. The molecule has 0 N–H and O–H groups in total. The predicted molar refractivity (Wildman–Crippen MR) is 88.4 cm³/mol. The van der Waals surface area contributed by atoms with E-state index in [0.717, 1.165) is 36.4 Å². The molecular weight excluding hydrogens is 323 g/mol. The van der Waals surface area contributed by atoms with Gasteiger partial charge in [0.1, 0.15) is 12.4 Å². The molecule has 1 aliphatic carbocycles. The van der Waals surface area contributed by atoms with Crippen LogP contribution in [0.3, 0.4) is 0 Å². The Bertz CT molecular complexity index is 748. The van der Waals surface area contributed by atoms with Crippen molar-refractivity contribution in [2.24, 2.45) is 11.8 Å². The summed E-state index contributed by atoms with van der Waals surface area (Å²) in [4.78, 5) is 40.1. The highest BCUT2D eigenvalue weighted by Crippen LogP contribution is 2.36. The number of hydrogen-bond acceptors (Lipinski definition) is 3. The van der Waals surface area contributed by atoms with Crippen LogP contribution in [0.15, 0.2) is 18.2 Å². The van der Waals surface area contributed by atoms with Crippen LogP contribution < -0.4 is 0 Å². The van der Waals surface area contributed by atoms with Gasteiger partial charge < -0.3 is 4.90 Å². The van der Waals surface area contributed by atoms with Gasteiger partial charge >= 0.3 is 0 Å². The SMILES string of the molecule is O=C(CN1C(=O)c2ccc(F)cc2C1=O)N1CCC2CCCCC2C1. The van der Waals surface area contributed by atoms with Crippen LogP contribution in [0.25, 0.3) is 0 Å². The van der Waals surface area contributed by atoms with Gasteiger partial charge in [0.15, 0.2) is 0 Å². The largest absolute Gasteiger partial charge is 0.341 e. The van der Waals surface area contributed by atoms with E-state index in [2.05, 4.69) is 0 Å². The first-order valence-electron chi connectivity index (χ1n) is 8.98. The van der Waals surface area contributed by atoms with Crippen molar-refractivity contribution >= 4 is 17.7 Å². The summed E-state index contributed by atoms with van der Waals surface area (Å²) in [6.07, 6.45) is 5.90. The molecule has 1 saturated carbocycles. The summed E-state index contributed by atoms with van der Waals surface area (Å²) >= 11 is 0. The van der Waals surface area contributed by atoms with Crippen LogP contribution in [0, 0.1) is 17.7 Å². The molecule has 3 aliphatic rings. The third kappa shape index (κ3) is 2.83. The first-order chi connectivity index (χ1) is 12.0. The molecule has 6 heteroatoms. The Morgan fingerprint density at radius 3 is 2.56 bits per heavy atom. The molecule has 3 amide bonds. The zero-order valence-electron chi connectivity index (χ0n) is 14.0. The van der Waals surface area contributed by atoms with E-state index in [1.807, 2.05) is 0 Å². The molecule has 2 aliphatic heterocycles. The molecule has 1 aromatic rings. The smallest absolute Gasteiger partial charge is 0.262 e. The van der Waals surface area contributed by atoms with Gasteiger partial charge in [-0.15, -0.1) is 0 Å². The summed E-state index contributed by atoms with van der Waals surface area (Å²) < 4.78 is 13.3. The van der Waals surface area contributed by atoms with E-state index in [1.165, 1.54) is 25.3 Å². The molecule has 2 fully saturated rings. The van der Waals surface area contributed by atoms with E-state index in [9.17, 15) is 18.8 Å². The molecular formula is C19H21FN2O3. The Hall–Kier alpha value is -2.24. The lowest BCUT2D eigenvalue weighted by Crippen LogP contribution is -2.49. The Morgan fingerprint density at radius 1 is 1.04 bits per heavy atom. The number of hydrogen-bond donors (Lipinski definition) is 0. The second-order valence-electron chi connectivity index (χ2n) is 7.32. The zero-order chi connectivity index (χ0) is 17.6. The first kappa shape index (κ1) is 16.2. The van der Waals surface area contributed by atoms with Crippen LogP contribution in [0.4, 0.5) is 4.39 Å². The summed E-state index contributed by atoms with van der Waals surface area (Å²) in [5, 5.41) is 0. The average Bonchev–Trinajstić information content (AvgIpc) is 2.85. The summed E-state index contributed by atoms with van der Waals surface area (Å²) in [5.74, 6) is -0.601. The van der Waals surface area contributed by atoms with Gasteiger partial charge in [-0.3, -0.25) is 19.3 Å². The van der Waals surface area contributed by atoms with Gasteiger partial charge in [-0.05, 0) is 42.9 Å². The van der Waals surface area contributed by atoms with E-state index in [-0.39, 0.29) is 23.6 Å². The van der Waals surface area contributed by atoms with Crippen molar-refractivity contribution in [3.63, 3.8) is 0 Å². The van der Waals surface area contributed by atoms with E-state index in [4.69, 9.17) is 0 Å². The van der Waals surface area contributed by atoms with Crippen molar-refractivity contribution in [3.8, 4) is 0 Å². The van der Waals surface area contributed by atoms with Gasteiger partial charge in [-0.1, -0.05) is 19.3 Å².